The summed E-state index contributed by atoms with van der Waals surface area (Å²) in [6.45, 7) is 3.87. The van der Waals surface area contributed by atoms with E-state index in [2.05, 4.69) is 19.7 Å². The fraction of sp³-hybridized carbons (Fsp3) is 0.353. The maximum atomic E-state index is 12.8. The molecule has 3 aromatic heterocycles. The van der Waals surface area contributed by atoms with Gasteiger partial charge in [0, 0.05) is 23.4 Å². The molecule has 0 aliphatic rings. The normalized spacial score (nSPS) is 13.9. The Morgan fingerprint density at radius 3 is 2.81 bits per heavy atom. The molecular weight excluding hydrogens is 414 g/mol. The van der Waals surface area contributed by atoms with Crippen molar-refractivity contribution in [2.75, 3.05) is 4.72 Å². The molecule has 5 nitrogen and oxygen atoms in total. The van der Waals surface area contributed by atoms with Gasteiger partial charge in [-0.05, 0) is 30.0 Å². The monoisotopic (exact) mass is 430 g/mol. The van der Waals surface area contributed by atoms with Crippen LogP contribution >= 0.6 is 22.9 Å². The van der Waals surface area contributed by atoms with Crippen LogP contribution in [-0.4, -0.2) is 25.6 Å². The van der Waals surface area contributed by atoms with Gasteiger partial charge in [-0.25, -0.2) is 27.9 Å². The van der Waals surface area contributed by atoms with Gasteiger partial charge < -0.3 is 0 Å². The first kappa shape index (κ1) is 20.0. The van der Waals surface area contributed by atoms with Crippen molar-refractivity contribution in [2.24, 2.45) is 0 Å². The molecule has 144 valence electrons. The zero-order valence-electron chi connectivity index (χ0n) is 14.6. The summed E-state index contributed by atoms with van der Waals surface area (Å²) in [7, 11) is -1.62. The molecule has 2 atom stereocenters. The fourth-order valence-electron chi connectivity index (χ4n) is 2.56. The van der Waals surface area contributed by atoms with E-state index in [0.29, 0.717) is 26.1 Å². The summed E-state index contributed by atoms with van der Waals surface area (Å²) < 4.78 is 41.1. The minimum absolute atomic E-state index is 0.0101. The smallest absolute Gasteiger partial charge is 0.242 e. The zero-order chi connectivity index (χ0) is 19.6. The van der Waals surface area contributed by atoms with Gasteiger partial charge in [-0.15, -0.1) is 11.3 Å². The Morgan fingerprint density at radius 1 is 1.33 bits per heavy atom. The molecule has 2 unspecified atom stereocenters. The number of fused-ring (bicyclic) bond motifs is 1. The van der Waals surface area contributed by atoms with Gasteiger partial charge in [0.1, 0.15) is 9.98 Å². The summed E-state index contributed by atoms with van der Waals surface area (Å²) in [6.07, 6.45) is -0.740. The highest BCUT2D eigenvalue weighted by molar-refractivity contribution is 7.86. The van der Waals surface area contributed by atoms with Crippen LogP contribution in [0.1, 0.15) is 37.4 Å². The number of halogens is 3. The second-order valence-electron chi connectivity index (χ2n) is 5.97. The fourth-order valence-corrected chi connectivity index (χ4v) is 4.86. The first-order valence-electron chi connectivity index (χ1n) is 8.25. The van der Waals surface area contributed by atoms with Crippen molar-refractivity contribution in [3.8, 4) is 0 Å². The van der Waals surface area contributed by atoms with Crippen LogP contribution in [0.25, 0.3) is 10.2 Å². The van der Waals surface area contributed by atoms with E-state index in [4.69, 9.17) is 11.6 Å². The predicted octanol–water partition coefficient (Wildman–Crippen LogP) is 5.20. The maximum Gasteiger partial charge on any atom is 0.242 e. The van der Waals surface area contributed by atoms with Gasteiger partial charge in [0.15, 0.2) is 11.0 Å². The lowest BCUT2D eigenvalue weighted by molar-refractivity contribution is 0.148. The second kappa shape index (κ2) is 8.53. The van der Waals surface area contributed by atoms with Crippen molar-refractivity contribution < 1.29 is 13.0 Å². The average molecular weight is 431 g/mol. The van der Waals surface area contributed by atoms with Crippen LogP contribution in [0.2, 0.25) is 5.15 Å². The SMILES string of the molecule is CCC(C)c1nc(NS(=O)c2csc3nc(Cl)ccc23)ncc1CC(F)F. The summed E-state index contributed by atoms with van der Waals surface area (Å²) in [5, 5.41) is 2.83. The summed E-state index contributed by atoms with van der Waals surface area (Å²) in [5.41, 5.74) is 0.964. The minimum Gasteiger partial charge on any atom is -0.269 e. The largest absolute Gasteiger partial charge is 0.269 e. The Bertz CT molecular complexity index is 983. The molecular formula is C17H17ClF2N4OS2. The molecule has 3 rings (SSSR count). The number of nitrogens with one attached hydrogen (secondary N) is 1. The highest BCUT2D eigenvalue weighted by Gasteiger charge is 2.18. The maximum absolute atomic E-state index is 12.8. The number of hydrogen-bond acceptors (Lipinski definition) is 5. The molecule has 10 heteroatoms. The van der Waals surface area contributed by atoms with Crippen LogP contribution in [-0.2, 0) is 17.4 Å². The van der Waals surface area contributed by atoms with E-state index in [-0.39, 0.29) is 11.9 Å². The molecule has 3 heterocycles. The van der Waals surface area contributed by atoms with Crippen molar-refractivity contribution in [1.29, 1.82) is 0 Å². The van der Waals surface area contributed by atoms with Crippen LogP contribution < -0.4 is 4.72 Å². The van der Waals surface area contributed by atoms with E-state index in [1.165, 1.54) is 17.5 Å². The van der Waals surface area contributed by atoms with E-state index in [1.54, 1.807) is 17.5 Å². The third kappa shape index (κ3) is 4.59. The number of thiophene rings is 1. The summed E-state index contributed by atoms with van der Waals surface area (Å²) in [4.78, 5) is 13.9. The van der Waals surface area contributed by atoms with Crippen LogP contribution in [0.4, 0.5) is 14.7 Å². The first-order chi connectivity index (χ1) is 12.9. The third-order valence-corrected chi connectivity index (χ3v) is 6.46. The lowest BCUT2D eigenvalue weighted by atomic mass is 9.99. The topological polar surface area (TPSA) is 67.8 Å². The van der Waals surface area contributed by atoms with E-state index in [0.717, 1.165) is 11.8 Å². The van der Waals surface area contributed by atoms with Gasteiger partial charge in [-0.1, -0.05) is 25.4 Å². The molecule has 0 fully saturated rings. The van der Waals surface area contributed by atoms with Crippen LogP contribution in [0.3, 0.4) is 0 Å². The molecule has 0 radical (unpaired) electrons. The summed E-state index contributed by atoms with van der Waals surface area (Å²) >= 11 is 7.21. The molecule has 0 saturated heterocycles. The molecule has 1 N–H and O–H groups in total. The lowest BCUT2D eigenvalue weighted by Crippen LogP contribution is -2.13. The summed E-state index contributed by atoms with van der Waals surface area (Å²) in [5.74, 6) is 0.131. The van der Waals surface area contributed by atoms with Crippen molar-refractivity contribution in [3.63, 3.8) is 0 Å². The standard InChI is InChI=1S/C17H17ClF2N4OS2/c1-3-9(2)15-10(6-14(19)20)7-21-17(23-15)24-27(25)12-8-26-16-11(12)4-5-13(18)22-16/h4-5,7-9,14H,3,6H2,1-2H3,(H,21,23,24). The van der Waals surface area contributed by atoms with E-state index < -0.39 is 23.8 Å². The highest BCUT2D eigenvalue weighted by Crippen LogP contribution is 2.29. The molecule has 0 spiro atoms. The number of alkyl halides is 2. The Kier molecular flexibility index (Phi) is 6.33. The number of anilines is 1. The minimum atomic E-state index is -2.47. The highest BCUT2D eigenvalue weighted by atomic mass is 35.5. The van der Waals surface area contributed by atoms with Gasteiger partial charge in [0.2, 0.25) is 12.4 Å². The van der Waals surface area contributed by atoms with E-state index in [1.807, 2.05) is 13.8 Å². The Labute approximate surface area is 166 Å². The van der Waals surface area contributed by atoms with Gasteiger partial charge >= 0.3 is 0 Å². The third-order valence-electron chi connectivity index (χ3n) is 4.10. The van der Waals surface area contributed by atoms with Gasteiger partial charge in [-0.2, -0.15) is 0 Å². The van der Waals surface area contributed by atoms with Gasteiger partial charge in [0.05, 0.1) is 10.6 Å². The number of rotatable bonds is 7. The quantitative estimate of drug-likeness (QED) is 0.523. The Hall–Kier alpha value is -1.71. The lowest BCUT2D eigenvalue weighted by Gasteiger charge is -2.15. The van der Waals surface area contributed by atoms with Gasteiger partial charge in [0.25, 0.3) is 0 Å². The predicted molar refractivity (Wildman–Crippen MR) is 105 cm³/mol. The number of nitrogens with zero attached hydrogens (tertiary/aromatic N) is 3. The van der Waals surface area contributed by atoms with Crippen LogP contribution in [0.5, 0.6) is 0 Å². The molecule has 0 amide bonds. The van der Waals surface area contributed by atoms with Gasteiger partial charge in [-0.3, -0.25) is 4.72 Å². The molecule has 27 heavy (non-hydrogen) atoms. The molecule has 0 bridgehead atoms. The number of aromatic nitrogens is 3. The van der Waals surface area contributed by atoms with E-state index >= 15 is 0 Å². The second-order valence-corrected chi connectivity index (χ2v) is 8.39. The average Bonchev–Trinajstić information content (AvgIpc) is 3.05. The Balaban J connectivity index is 1.88. The van der Waals surface area contributed by atoms with Crippen LogP contribution in [0, 0.1) is 0 Å². The molecule has 3 aromatic rings. The molecule has 0 aromatic carbocycles. The van der Waals surface area contributed by atoms with Crippen molar-refractivity contribution >= 4 is 50.1 Å². The van der Waals surface area contributed by atoms with Crippen LogP contribution in [0.15, 0.2) is 28.6 Å². The zero-order valence-corrected chi connectivity index (χ0v) is 17.0. The number of pyridine rings is 1. The number of hydrogen-bond donors (Lipinski definition) is 1. The van der Waals surface area contributed by atoms with Crippen molar-refractivity contribution in [3.05, 3.63) is 40.1 Å². The molecule has 0 aliphatic heterocycles. The molecule has 0 saturated carbocycles. The Morgan fingerprint density at radius 2 is 2.11 bits per heavy atom. The van der Waals surface area contributed by atoms with Crippen molar-refractivity contribution in [2.45, 2.75) is 43.9 Å². The first-order valence-corrected chi connectivity index (χ1v) is 10.7. The van der Waals surface area contributed by atoms with Crippen molar-refractivity contribution in [1.82, 2.24) is 15.0 Å². The molecule has 0 aliphatic carbocycles. The summed E-state index contributed by atoms with van der Waals surface area (Å²) in [6, 6.07) is 3.39. The van der Waals surface area contributed by atoms with E-state index in [9.17, 15) is 13.0 Å².